The quantitative estimate of drug-likeness (QED) is 0.430. The molecule has 1 atom stereocenters. The van der Waals surface area contributed by atoms with Gasteiger partial charge in [0.05, 0.1) is 6.04 Å². The topological polar surface area (TPSA) is 124 Å². The first-order valence-corrected chi connectivity index (χ1v) is 13.0. The summed E-state index contributed by atoms with van der Waals surface area (Å²) < 4.78 is 18.0. The molecule has 12 heteroatoms. The molecule has 39 heavy (non-hydrogen) atoms. The highest BCUT2D eigenvalue weighted by Crippen LogP contribution is 2.30. The number of piperazine rings is 1. The number of hydrogen-bond donors (Lipinski definition) is 1. The van der Waals surface area contributed by atoms with Crippen LogP contribution in [0.5, 0.6) is 11.5 Å². The highest BCUT2D eigenvalue weighted by molar-refractivity contribution is 5.79. The minimum Gasteiger partial charge on any atom is -0.486 e. The summed E-state index contributed by atoms with van der Waals surface area (Å²) in [5.74, 6) is 2.50. The maximum absolute atomic E-state index is 13.1. The lowest BCUT2D eigenvalue weighted by Gasteiger charge is -2.42. The number of fused-ring (bicyclic) bond motifs is 1. The van der Waals surface area contributed by atoms with E-state index in [2.05, 4.69) is 20.2 Å². The standard InChI is InChI=1S/C27H33N7O5/c1-19-13-24(31-27(30-19)33-8-7-28-18-33)34-10-9-32(26(36)17-37-2)16-21(34)15-25(35)29-6-5-20-3-4-22-23(14-20)39-12-11-38-22/h3-4,7-8,13-14,18,21H,5-6,9-12,15-17H2,1-2H3,(H,29,35). The third-order valence-electron chi connectivity index (χ3n) is 6.73. The van der Waals surface area contributed by atoms with E-state index in [9.17, 15) is 9.59 Å². The molecule has 3 aromatic rings. The number of nitrogens with one attached hydrogen (secondary N) is 1. The monoisotopic (exact) mass is 535 g/mol. The predicted octanol–water partition coefficient (Wildman–Crippen LogP) is 1.15. The molecule has 206 valence electrons. The van der Waals surface area contributed by atoms with Gasteiger partial charge in [0.25, 0.3) is 0 Å². The van der Waals surface area contributed by atoms with Crippen molar-refractivity contribution >= 4 is 17.6 Å². The van der Waals surface area contributed by atoms with Crippen LogP contribution in [0.2, 0.25) is 0 Å². The van der Waals surface area contributed by atoms with Gasteiger partial charge in [-0.3, -0.25) is 14.2 Å². The fourth-order valence-electron chi connectivity index (χ4n) is 4.83. The van der Waals surface area contributed by atoms with Crippen molar-refractivity contribution in [2.45, 2.75) is 25.8 Å². The third kappa shape index (κ3) is 6.45. The van der Waals surface area contributed by atoms with Crippen molar-refractivity contribution in [1.82, 2.24) is 29.7 Å². The summed E-state index contributed by atoms with van der Waals surface area (Å²) in [6.07, 6.45) is 5.97. The highest BCUT2D eigenvalue weighted by atomic mass is 16.6. The molecule has 2 aliphatic heterocycles. The second kappa shape index (κ2) is 12.1. The van der Waals surface area contributed by atoms with Crippen molar-refractivity contribution in [3.05, 3.63) is 54.2 Å². The molecule has 2 amide bonds. The zero-order valence-electron chi connectivity index (χ0n) is 22.2. The lowest BCUT2D eigenvalue weighted by molar-refractivity contribution is -0.136. The number of rotatable bonds is 9. The third-order valence-corrected chi connectivity index (χ3v) is 6.73. The van der Waals surface area contributed by atoms with E-state index in [1.165, 1.54) is 7.11 Å². The summed E-state index contributed by atoms with van der Waals surface area (Å²) in [5, 5.41) is 3.03. The molecule has 1 unspecified atom stereocenters. The number of carbonyl (C=O) groups is 2. The lowest BCUT2D eigenvalue weighted by atomic mass is 10.1. The van der Waals surface area contributed by atoms with Crippen LogP contribution >= 0.6 is 0 Å². The molecule has 0 bridgehead atoms. The van der Waals surface area contributed by atoms with Crippen LogP contribution in [-0.4, -0.2) is 95.4 Å². The molecule has 0 radical (unpaired) electrons. The SMILES string of the molecule is COCC(=O)N1CCN(c2cc(C)nc(-n3ccnc3)n2)C(CC(=O)NCCc2ccc3c(c2)OCCO3)C1. The van der Waals surface area contributed by atoms with E-state index in [1.807, 2.05) is 31.2 Å². The fourth-order valence-corrected chi connectivity index (χ4v) is 4.83. The first-order valence-electron chi connectivity index (χ1n) is 13.0. The summed E-state index contributed by atoms with van der Waals surface area (Å²) in [4.78, 5) is 42.9. The van der Waals surface area contributed by atoms with Gasteiger partial charge in [0.15, 0.2) is 11.5 Å². The van der Waals surface area contributed by atoms with Crippen LogP contribution in [0, 0.1) is 6.92 Å². The molecule has 2 aliphatic rings. The molecule has 0 saturated carbocycles. The van der Waals surface area contributed by atoms with Crippen LogP contribution < -0.4 is 19.7 Å². The summed E-state index contributed by atoms with van der Waals surface area (Å²) >= 11 is 0. The second-order valence-electron chi connectivity index (χ2n) is 9.54. The molecule has 1 fully saturated rings. The van der Waals surface area contributed by atoms with Crippen LogP contribution in [0.3, 0.4) is 0 Å². The van der Waals surface area contributed by atoms with Crippen LogP contribution in [0.1, 0.15) is 17.7 Å². The van der Waals surface area contributed by atoms with Crippen LogP contribution in [0.15, 0.2) is 43.0 Å². The molecule has 1 N–H and O–H groups in total. The molecule has 5 rings (SSSR count). The van der Waals surface area contributed by atoms with Crippen molar-refractivity contribution < 1.29 is 23.8 Å². The zero-order valence-corrected chi connectivity index (χ0v) is 22.2. The smallest absolute Gasteiger partial charge is 0.248 e. The van der Waals surface area contributed by atoms with Crippen LogP contribution in [0.4, 0.5) is 5.82 Å². The molecule has 1 saturated heterocycles. The number of ether oxygens (including phenoxy) is 3. The van der Waals surface area contributed by atoms with Gasteiger partial charge in [0.1, 0.15) is 32.0 Å². The first kappa shape index (κ1) is 26.4. The van der Waals surface area contributed by atoms with Gasteiger partial charge in [-0.25, -0.2) is 9.97 Å². The Labute approximate surface area is 226 Å². The second-order valence-corrected chi connectivity index (χ2v) is 9.54. The van der Waals surface area contributed by atoms with Gasteiger partial charge in [0.2, 0.25) is 17.8 Å². The first-order chi connectivity index (χ1) is 19.0. The molecule has 12 nitrogen and oxygen atoms in total. The molecular formula is C27H33N7O5. The Morgan fingerprint density at radius 2 is 1.97 bits per heavy atom. The van der Waals surface area contributed by atoms with Crippen LogP contribution in [0.25, 0.3) is 5.95 Å². The van der Waals surface area contributed by atoms with Crippen molar-refractivity contribution in [3.8, 4) is 17.4 Å². The Bertz CT molecular complexity index is 1300. The number of imidazole rings is 1. The van der Waals surface area contributed by atoms with Crippen molar-refractivity contribution in [2.24, 2.45) is 0 Å². The number of benzene rings is 1. The predicted molar refractivity (Wildman–Crippen MR) is 142 cm³/mol. The fraction of sp³-hybridized carbons (Fsp3) is 0.444. The lowest BCUT2D eigenvalue weighted by Crippen LogP contribution is -2.57. The maximum atomic E-state index is 13.1. The normalized spacial score (nSPS) is 16.7. The average Bonchev–Trinajstić information content (AvgIpc) is 3.48. The summed E-state index contributed by atoms with van der Waals surface area (Å²) in [6.45, 7) is 4.91. The van der Waals surface area contributed by atoms with Gasteiger partial charge in [-0.2, -0.15) is 4.98 Å². The van der Waals surface area contributed by atoms with Gasteiger partial charge < -0.3 is 29.3 Å². The zero-order chi connectivity index (χ0) is 27.2. The van der Waals surface area contributed by atoms with Gasteiger partial charge in [-0.15, -0.1) is 0 Å². The number of carbonyl (C=O) groups excluding carboxylic acids is 2. The number of aryl methyl sites for hydroxylation is 1. The number of aromatic nitrogens is 4. The number of methoxy groups -OCH3 is 1. The summed E-state index contributed by atoms with van der Waals surface area (Å²) in [6, 6.07) is 7.48. The molecule has 1 aromatic carbocycles. The number of amides is 2. The van der Waals surface area contributed by atoms with Gasteiger partial charge >= 0.3 is 0 Å². The highest BCUT2D eigenvalue weighted by Gasteiger charge is 2.32. The van der Waals surface area contributed by atoms with E-state index >= 15 is 0 Å². The Morgan fingerprint density at radius 1 is 1.13 bits per heavy atom. The Morgan fingerprint density at radius 3 is 2.77 bits per heavy atom. The minimum absolute atomic E-state index is 0.00580. The minimum atomic E-state index is -0.265. The van der Waals surface area contributed by atoms with Gasteiger partial charge in [-0.05, 0) is 31.0 Å². The Hall–Kier alpha value is -4.19. The number of hydrogen-bond acceptors (Lipinski definition) is 9. The van der Waals surface area contributed by atoms with E-state index in [4.69, 9.17) is 19.2 Å². The Balaban J connectivity index is 1.27. The van der Waals surface area contributed by atoms with E-state index < -0.39 is 0 Å². The number of nitrogens with zero attached hydrogens (tertiary/aromatic N) is 6. The van der Waals surface area contributed by atoms with Crippen LogP contribution in [-0.2, 0) is 20.7 Å². The summed E-state index contributed by atoms with van der Waals surface area (Å²) in [7, 11) is 1.50. The van der Waals surface area contributed by atoms with Crippen molar-refractivity contribution in [3.63, 3.8) is 0 Å². The molecule has 0 aliphatic carbocycles. The van der Waals surface area contributed by atoms with Crippen molar-refractivity contribution in [2.75, 3.05) is 58.0 Å². The summed E-state index contributed by atoms with van der Waals surface area (Å²) in [5.41, 5.74) is 1.85. The molecule has 2 aromatic heterocycles. The average molecular weight is 536 g/mol. The van der Waals surface area contributed by atoms with E-state index in [0.29, 0.717) is 57.6 Å². The van der Waals surface area contributed by atoms with E-state index in [0.717, 1.165) is 22.8 Å². The van der Waals surface area contributed by atoms with Gasteiger partial charge in [0, 0.05) is 63.9 Å². The van der Waals surface area contributed by atoms with E-state index in [1.54, 1.807) is 28.2 Å². The van der Waals surface area contributed by atoms with Gasteiger partial charge in [-0.1, -0.05) is 6.07 Å². The maximum Gasteiger partial charge on any atom is 0.248 e. The molecule has 0 spiro atoms. The van der Waals surface area contributed by atoms with Crippen molar-refractivity contribution in [1.29, 1.82) is 0 Å². The number of anilines is 1. The van der Waals surface area contributed by atoms with E-state index in [-0.39, 0.29) is 30.9 Å². The largest absolute Gasteiger partial charge is 0.486 e. The Kier molecular flexibility index (Phi) is 8.21. The molecular weight excluding hydrogens is 502 g/mol. The molecule has 4 heterocycles.